The summed E-state index contributed by atoms with van der Waals surface area (Å²) >= 11 is 0. The van der Waals surface area contributed by atoms with Crippen LogP contribution in [0.2, 0.25) is 0 Å². The molecule has 0 bridgehead atoms. The second kappa shape index (κ2) is 20.9. The highest BCUT2D eigenvalue weighted by Gasteiger charge is 2.06. The van der Waals surface area contributed by atoms with Gasteiger partial charge in [0.25, 0.3) is 0 Å². The van der Waals surface area contributed by atoms with Gasteiger partial charge >= 0.3 is 0 Å². The highest BCUT2D eigenvalue weighted by molar-refractivity contribution is 4.93. The molecule has 26 heavy (non-hydrogen) atoms. The Bertz CT molecular complexity index is 294. The minimum Gasteiger partial charge on any atom is -0.394 e. The molecular weight excluding hydrogens is 328 g/mol. The molecule has 156 valence electrons. The third-order valence-electron chi connectivity index (χ3n) is 4.51. The van der Waals surface area contributed by atoms with Crippen LogP contribution in [0.25, 0.3) is 0 Å². The summed E-state index contributed by atoms with van der Waals surface area (Å²) in [6, 6.07) is 0. The average molecular weight is 373 g/mol. The van der Waals surface area contributed by atoms with Crippen molar-refractivity contribution in [1.29, 1.82) is 0 Å². The fourth-order valence-corrected chi connectivity index (χ4v) is 2.86. The minimum atomic E-state index is -0.176. The Kier molecular flexibility index (Phi) is 20.5. The third-order valence-corrected chi connectivity index (χ3v) is 4.51. The molecule has 0 aliphatic rings. The molecular formula is C22H44O4. The predicted molar refractivity (Wildman–Crippen MR) is 110 cm³/mol. The molecule has 0 spiro atoms. The maximum Gasteiger partial charge on any atom is 0.104 e. The Balaban J connectivity index is 3.31. The summed E-state index contributed by atoms with van der Waals surface area (Å²) in [4.78, 5) is 0. The van der Waals surface area contributed by atoms with Crippen LogP contribution >= 0.6 is 0 Å². The minimum absolute atomic E-state index is 0.0317. The lowest BCUT2D eigenvalue weighted by Gasteiger charge is -2.15. The van der Waals surface area contributed by atoms with Gasteiger partial charge in [-0.1, -0.05) is 51.2 Å². The van der Waals surface area contributed by atoms with Crippen LogP contribution in [-0.4, -0.2) is 51.4 Å². The second-order valence-electron chi connectivity index (χ2n) is 7.18. The van der Waals surface area contributed by atoms with Crippen molar-refractivity contribution < 1.29 is 19.3 Å². The molecule has 0 aromatic carbocycles. The zero-order valence-electron chi connectivity index (χ0n) is 17.5. The summed E-state index contributed by atoms with van der Waals surface area (Å²) < 4.78 is 16.2. The van der Waals surface area contributed by atoms with Crippen LogP contribution in [-0.2, 0) is 14.2 Å². The van der Waals surface area contributed by atoms with Crippen molar-refractivity contribution in [2.24, 2.45) is 0 Å². The lowest BCUT2D eigenvalue weighted by atomic mass is 10.0. The first-order valence-corrected chi connectivity index (χ1v) is 10.7. The molecule has 0 aliphatic heterocycles. The number of methoxy groups -OCH3 is 1. The second-order valence-corrected chi connectivity index (χ2v) is 7.18. The van der Waals surface area contributed by atoms with Crippen LogP contribution in [0.1, 0.15) is 84.0 Å². The van der Waals surface area contributed by atoms with E-state index in [1.54, 1.807) is 7.11 Å². The average Bonchev–Trinajstić information content (AvgIpc) is 2.65. The van der Waals surface area contributed by atoms with E-state index >= 15 is 0 Å². The molecule has 1 N–H and O–H groups in total. The molecule has 0 aliphatic carbocycles. The monoisotopic (exact) mass is 372 g/mol. The zero-order valence-corrected chi connectivity index (χ0v) is 17.5. The van der Waals surface area contributed by atoms with Crippen LogP contribution < -0.4 is 0 Å². The zero-order chi connectivity index (χ0) is 19.3. The first-order valence-electron chi connectivity index (χ1n) is 10.7. The maximum absolute atomic E-state index is 9.19. The molecule has 4 nitrogen and oxygen atoms in total. The SMILES string of the molecule is C=C(CCCCCCCCCOC)CCCCOCC(CO)OCCC. The van der Waals surface area contributed by atoms with Gasteiger partial charge < -0.3 is 19.3 Å². The van der Waals surface area contributed by atoms with E-state index < -0.39 is 0 Å². The number of unbranched alkanes of at least 4 members (excludes halogenated alkanes) is 7. The van der Waals surface area contributed by atoms with Crippen molar-refractivity contribution >= 4 is 0 Å². The Morgan fingerprint density at radius 1 is 0.846 bits per heavy atom. The first kappa shape index (κ1) is 25.6. The van der Waals surface area contributed by atoms with Gasteiger partial charge in [-0.15, -0.1) is 0 Å². The summed E-state index contributed by atoms with van der Waals surface area (Å²) in [7, 11) is 1.77. The van der Waals surface area contributed by atoms with Crippen LogP contribution in [0.5, 0.6) is 0 Å². The van der Waals surface area contributed by atoms with Gasteiger partial charge in [0.1, 0.15) is 6.10 Å². The topological polar surface area (TPSA) is 47.9 Å². The Morgan fingerprint density at radius 2 is 1.42 bits per heavy atom. The maximum atomic E-state index is 9.19. The number of aliphatic hydroxyl groups excluding tert-OH is 1. The molecule has 0 saturated heterocycles. The molecule has 0 aromatic rings. The lowest BCUT2D eigenvalue weighted by Crippen LogP contribution is -2.24. The smallest absolute Gasteiger partial charge is 0.104 e. The van der Waals surface area contributed by atoms with E-state index in [9.17, 15) is 5.11 Å². The Hall–Kier alpha value is -0.420. The quantitative estimate of drug-likeness (QED) is 0.220. The molecule has 1 unspecified atom stereocenters. The molecule has 0 rings (SSSR count). The van der Waals surface area contributed by atoms with Gasteiger partial charge in [-0.2, -0.15) is 0 Å². The molecule has 0 heterocycles. The number of allylic oxidation sites excluding steroid dienone is 1. The van der Waals surface area contributed by atoms with Gasteiger partial charge in [0, 0.05) is 26.9 Å². The van der Waals surface area contributed by atoms with Gasteiger partial charge in [-0.05, 0) is 44.9 Å². The van der Waals surface area contributed by atoms with Crippen molar-refractivity contribution in [2.45, 2.75) is 90.1 Å². The van der Waals surface area contributed by atoms with Crippen molar-refractivity contribution in [3.63, 3.8) is 0 Å². The largest absolute Gasteiger partial charge is 0.394 e. The van der Waals surface area contributed by atoms with Crippen molar-refractivity contribution in [2.75, 3.05) is 40.1 Å². The Labute approximate surface area is 162 Å². The van der Waals surface area contributed by atoms with E-state index in [0.717, 1.165) is 38.9 Å². The fraction of sp³-hybridized carbons (Fsp3) is 0.909. The molecule has 1 atom stereocenters. The number of hydrogen-bond acceptors (Lipinski definition) is 4. The number of aliphatic hydroxyl groups is 1. The number of ether oxygens (including phenoxy) is 3. The molecule has 0 radical (unpaired) electrons. The van der Waals surface area contributed by atoms with Gasteiger partial charge in [0.2, 0.25) is 0 Å². The van der Waals surface area contributed by atoms with Gasteiger partial charge in [-0.25, -0.2) is 0 Å². The van der Waals surface area contributed by atoms with E-state index in [2.05, 4.69) is 13.5 Å². The summed E-state index contributed by atoms with van der Waals surface area (Å²) in [5.41, 5.74) is 1.38. The summed E-state index contributed by atoms with van der Waals surface area (Å²) in [6.07, 6.45) is 14.4. The van der Waals surface area contributed by atoms with E-state index in [1.165, 1.54) is 56.9 Å². The van der Waals surface area contributed by atoms with Crippen LogP contribution in [0.4, 0.5) is 0 Å². The summed E-state index contributed by atoms with van der Waals surface area (Å²) in [6.45, 7) is 9.11. The third kappa shape index (κ3) is 18.4. The molecule has 0 aromatic heterocycles. The van der Waals surface area contributed by atoms with E-state index in [1.807, 2.05) is 0 Å². The van der Waals surface area contributed by atoms with Crippen LogP contribution in [0.3, 0.4) is 0 Å². The summed E-state index contributed by atoms with van der Waals surface area (Å²) in [5.74, 6) is 0. The lowest BCUT2D eigenvalue weighted by molar-refractivity contribution is -0.0424. The van der Waals surface area contributed by atoms with E-state index in [-0.39, 0.29) is 12.7 Å². The molecule has 0 amide bonds. The van der Waals surface area contributed by atoms with Gasteiger partial charge in [0.05, 0.1) is 13.2 Å². The Morgan fingerprint density at radius 3 is 2.04 bits per heavy atom. The predicted octanol–water partition coefficient (Wildman–Crippen LogP) is 5.28. The van der Waals surface area contributed by atoms with E-state index in [0.29, 0.717) is 13.2 Å². The molecule has 0 saturated carbocycles. The fourth-order valence-electron chi connectivity index (χ4n) is 2.86. The molecule has 0 fully saturated rings. The van der Waals surface area contributed by atoms with Crippen LogP contribution in [0, 0.1) is 0 Å². The first-order chi connectivity index (χ1) is 12.7. The van der Waals surface area contributed by atoms with Crippen LogP contribution in [0.15, 0.2) is 12.2 Å². The van der Waals surface area contributed by atoms with Crippen molar-refractivity contribution in [3.8, 4) is 0 Å². The van der Waals surface area contributed by atoms with Crippen molar-refractivity contribution in [3.05, 3.63) is 12.2 Å². The van der Waals surface area contributed by atoms with Gasteiger partial charge in [-0.3, -0.25) is 0 Å². The number of rotatable bonds is 21. The highest BCUT2D eigenvalue weighted by Crippen LogP contribution is 2.15. The molecule has 4 heteroatoms. The number of hydrogen-bond donors (Lipinski definition) is 1. The normalized spacial score (nSPS) is 12.4. The van der Waals surface area contributed by atoms with Gasteiger partial charge in [0.15, 0.2) is 0 Å². The summed E-state index contributed by atoms with van der Waals surface area (Å²) in [5, 5.41) is 9.19. The van der Waals surface area contributed by atoms with Crippen molar-refractivity contribution in [1.82, 2.24) is 0 Å². The van der Waals surface area contributed by atoms with E-state index in [4.69, 9.17) is 14.2 Å². The highest BCUT2D eigenvalue weighted by atomic mass is 16.5. The standard InChI is InChI=1S/C22H44O4/c1-4-16-26-22(19-23)20-25-18-13-11-15-21(2)14-10-8-6-5-7-9-12-17-24-3/h22-23H,2,4-20H2,1,3H3.